The van der Waals surface area contributed by atoms with Gasteiger partial charge in [0.05, 0.1) is 6.10 Å². The highest BCUT2D eigenvalue weighted by Gasteiger charge is 2.18. The Morgan fingerprint density at radius 1 is 1.29 bits per heavy atom. The number of piperidine rings is 1. The van der Waals surface area contributed by atoms with Gasteiger partial charge in [0.15, 0.2) is 0 Å². The van der Waals surface area contributed by atoms with E-state index in [0.717, 1.165) is 35.4 Å². The molecule has 4 nitrogen and oxygen atoms in total. The molecular weight excluding hydrogens is 293 g/mol. The van der Waals surface area contributed by atoms with Gasteiger partial charge in [-0.05, 0) is 35.4 Å². The van der Waals surface area contributed by atoms with Crippen molar-refractivity contribution in [1.82, 2.24) is 9.97 Å². The van der Waals surface area contributed by atoms with Crippen molar-refractivity contribution in [2.45, 2.75) is 18.9 Å². The third-order valence-electron chi connectivity index (χ3n) is 2.35. The number of halogens is 1. The third-order valence-corrected chi connectivity index (χ3v) is 2.91. The fourth-order valence-corrected chi connectivity index (χ4v) is 1.81. The van der Waals surface area contributed by atoms with Crippen LogP contribution in [0, 0.1) is 3.57 Å². The maximum atomic E-state index is 9.35. The number of aliphatic hydroxyl groups is 1. The normalized spacial score (nSPS) is 18.6. The van der Waals surface area contributed by atoms with Gasteiger partial charge in [-0.3, -0.25) is 0 Å². The number of hydrogen-bond acceptors (Lipinski definition) is 4. The summed E-state index contributed by atoms with van der Waals surface area (Å²) in [6, 6.07) is 0. The van der Waals surface area contributed by atoms with Crippen molar-refractivity contribution in [3.8, 4) is 0 Å². The number of aliphatic hydroxyl groups excluding tert-OH is 1. The van der Waals surface area contributed by atoms with Gasteiger partial charge in [-0.25, -0.2) is 9.97 Å². The molecule has 2 heterocycles. The molecule has 14 heavy (non-hydrogen) atoms. The lowest BCUT2D eigenvalue weighted by atomic mass is 10.1. The van der Waals surface area contributed by atoms with Crippen LogP contribution in [0.25, 0.3) is 0 Å². The number of aromatic nitrogens is 2. The van der Waals surface area contributed by atoms with Crippen LogP contribution in [0.2, 0.25) is 0 Å². The average molecular weight is 305 g/mol. The molecule has 0 aliphatic carbocycles. The number of nitrogens with zero attached hydrogens (tertiary/aromatic N) is 3. The van der Waals surface area contributed by atoms with Gasteiger partial charge in [0.1, 0.15) is 0 Å². The molecule has 0 atom stereocenters. The molecule has 1 saturated heterocycles. The zero-order valence-electron chi connectivity index (χ0n) is 7.73. The average Bonchev–Trinajstić information content (AvgIpc) is 2.21. The van der Waals surface area contributed by atoms with E-state index in [0.29, 0.717) is 0 Å². The molecule has 0 amide bonds. The van der Waals surface area contributed by atoms with Gasteiger partial charge >= 0.3 is 0 Å². The van der Waals surface area contributed by atoms with Gasteiger partial charge in [-0.1, -0.05) is 0 Å². The van der Waals surface area contributed by atoms with Gasteiger partial charge < -0.3 is 10.0 Å². The van der Waals surface area contributed by atoms with Crippen LogP contribution in [0.1, 0.15) is 12.8 Å². The van der Waals surface area contributed by atoms with Crippen molar-refractivity contribution in [3.63, 3.8) is 0 Å². The molecule has 1 aliphatic rings. The molecule has 1 aliphatic heterocycles. The minimum absolute atomic E-state index is 0.143. The molecule has 0 unspecified atom stereocenters. The van der Waals surface area contributed by atoms with Gasteiger partial charge in [0, 0.05) is 29.1 Å². The second-order valence-corrected chi connectivity index (χ2v) is 4.67. The minimum atomic E-state index is -0.143. The summed E-state index contributed by atoms with van der Waals surface area (Å²) in [5, 5.41) is 9.35. The summed E-state index contributed by atoms with van der Waals surface area (Å²) in [5.41, 5.74) is 0. The van der Waals surface area contributed by atoms with Gasteiger partial charge in [-0.15, -0.1) is 0 Å². The topological polar surface area (TPSA) is 49.2 Å². The van der Waals surface area contributed by atoms with Crippen molar-refractivity contribution in [3.05, 3.63) is 16.0 Å². The summed E-state index contributed by atoms with van der Waals surface area (Å²) in [7, 11) is 0. The molecule has 76 valence electrons. The van der Waals surface area contributed by atoms with Gasteiger partial charge in [0.2, 0.25) is 5.95 Å². The lowest BCUT2D eigenvalue weighted by molar-refractivity contribution is 0.145. The molecule has 0 aromatic carbocycles. The van der Waals surface area contributed by atoms with Gasteiger partial charge in [-0.2, -0.15) is 0 Å². The highest BCUT2D eigenvalue weighted by atomic mass is 127. The Kier molecular flexibility index (Phi) is 3.17. The maximum Gasteiger partial charge on any atom is 0.225 e. The standard InChI is InChI=1S/C9H12IN3O/c10-7-5-11-9(12-6-7)13-3-1-8(14)2-4-13/h5-6,8,14H,1-4H2. The van der Waals surface area contributed by atoms with E-state index in [1.54, 1.807) is 0 Å². The van der Waals surface area contributed by atoms with Crippen LogP contribution in [0.5, 0.6) is 0 Å². The molecule has 5 heteroatoms. The van der Waals surface area contributed by atoms with E-state index < -0.39 is 0 Å². The first kappa shape index (κ1) is 10.1. The predicted molar refractivity (Wildman–Crippen MR) is 62.2 cm³/mol. The highest BCUT2D eigenvalue weighted by molar-refractivity contribution is 14.1. The second kappa shape index (κ2) is 4.39. The molecule has 0 saturated carbocycles. The van der Waals surface area contributed by atoms with Crippen molar-refractivity contribution in [2.24, 2.45) is 0 Å². The van der Waals surface area contributed by atoms with Crippen LogP contribution in [-0.4, -0.2) is 34.3 Å². The first-order valence-electron chi connectivity index (χ1n) is 4.66. The fraction of sp³-hybridized carbons (Fsp3) is 0.556. The maximum absolute atomic E-state index is 9.35. The largest absolute Gasteiger partial charge is 0.393 e. The summed E-state index contributed by atoms with van der Waals surface area (Å²) in [5.74, 6) is 0.775. The fourth-order valence-electron chi connectivity index (χ4n) is 1.53. The summed E-state index contributed by atoms with van der Waals surface area (Å²) in [4.78, 5) is 10.6. The molecule has 1 N–H and O–H groups in total. The smallest absolute Gasteiger partial charge is 0.225 e. The van der Waals surface area contributed by atoms with Gasteiger partial charge in [0.25, 0.3) is 0 Å². The van der Waals surface area contributed by atoms with E-state index >= 15 is 0 Å². The zero-order valence-corrected chi connectivity index (χ0v) is 9.88. The monoisotopic (exact) mass is 305 g/mol. The lowest BCUT2D eigenvalue weighted by Crippen LogP contribution is -2.36. The van der Waals surface area contributed by atoms with Crippen LogP contribution in [0.3, 0.4) is 0 Å². The molecule has 1 aromatic heterocycles. The first-order valence-corrected chi connectivity index (χ1v) is 5.74. The lowest BCUT2D eigenvalue weighted by Gasteiger charge is -2.29. The minimum Gasteiger partial charge on any atom is -0.393 e. The number of hydrogen-bond donors (Lipinski definition) is 1. The molecule has 1 aromatic rings. The van der Waals surface area contributed by atoms with Crippen molar-refractivity contribution in [2.75, 3.05) is 18.0 Å². The first-order chi connectivity index (χ1) is 6.75. The molecule has 2 rings (SSSR count). The Morgan fingerprint density at radius 2 is 1.86 bits per heavy atom. The van der Waals surface area contributed by atoms with Crippen molar-refractivity contribution < 1.29 is 5.11 Å². The van der Waals surface area contributed by atoms with Crippen molar-refractivity contribution >= 4 is 28.5 Å². The molecule has 0 radical (unpaired) electrons. The van der Waals surface area contributed by atoms with E-state index in [-0.39, 0.29) is 6.10 Å². The predicted octanol–water partition coefficient (Wildman–Crippen LogP) is 1.04. The van der Waals surface area contributed by atoms with E-state index in [1.807, 2.05) is 12.4 Å². The zero-order chi connectivity index (χ0) is 9.97. The Bertz CT molecular complexity index is 295. The van der Waals surface area contributed by atoms with E-state index in [2.05, 4.69) is 37.5 Å². The summed E-state index contributed by atoms with van der Waals surface area (Å²) in [6.45, 7) is 1.70. The number of rotatable bonds is 1. The van der Waals surface area contributed by atoms with Crippen LogP contribution in [0.4, 0.5) is 5.95 Å². The summed E-state index contributed by atoms with van der Waals surface area (Å²) in [6.07, 6.45) is 5.11. The molecule has 0 spiro atoms. The SMILES string of the molecule is OC1CCN(c2ncc(I)cn2)CC1. The Hall–Kier alpha value is -0.430. The summed E-state index contributed by atoms with van der Waals surface area (Å²) < 4.78 is 1.04. The van der Waals surface area contributed by atoms with Crippen LogP contribution >= 0.6 is 22.6 Å². The van der Waals surface area contributed by atoms with E-state index in [9.17, 15) is 5.11 Å². The molecular formula is C9H12IN3O. The van der Waals surface area contributed by atoms with Crippen LogP contribution in [0.15, 0.2) is 12.4 Å². The molecule has 0 bridgehead atoms. The Balaban J connectivity index is 2.05. The summed E-state index contributed by atoms with van der Waals surface area (Å²) >= 11 is 2.19. The Labute approximate surface area is 96.5 Å². The van der Waals surface area contributed by atoms with E-state index in [4.69, 9.17) is 0 Å². The Morgan fingerprint density at radius 3 is 2.43 bits per heavy atom. The molecule has 1 fully saturated rings. The van der Waals surface area contributed by atoms with Crippen LogP contribution < -0.4 is 4.90 Å². The van der Waals surface area contributed by atoms with Crippen molar-refractivity contribution in [1.29, 1.82) is 0 Å². The third kappa shape index (κ3) is 2.33. The number of anilines is 1. The quantitative estimate of drug-likeness (QED) is 0.788. The second-order valence-electron chi connectivity index (χ2n) is 3.42. The van der Waals surface area contributed by atoms with E-state index in [1.165, 1.54) is 0 Å². The van der Waals surface area contributed by atoms with Crippen LogP contribution in [-0.2, 0) is 0 Å². The highest BCUT2D eigenvalue weighted by Crippen LogP contribution is 2.15.